The van der Waals surface area contributed by atoms with E-state index in [-0.39, 0.29) is 12.0 Å². The molecular formula is C48H35NO2. The highest BCUT2D eigenvalue weighted by Gasteiger charge is 2.37. The summed E-state index contributed by atoms with van der Waals surface area (Å²) >= 11 is 0. The van der Waals surface area contributed by atoms with Gasteiger partial charge in [0.25, 0.3) is 0 Å². The summed E-state index contributed by atoms with van der Waals surface area (Å²) in [5.74, 6) is 2.25. The molecule has 3 heteroatoms. The van der Waals surface area contributed by atoms with Gasteiger partial charge in [-0.05, 0) is 65.4 Å². The summed E-state index contributed by atoms with van der Waals surface area (Å²) < 4.78 is 13.2. The molecule has 0 saturated heterocycles. The van der Waals surface area contributed by atoms with Crippen LogP contribution in [0.15, 0.2) is 197 Å². The van der Waals surface area contributed by atoms with Gasteiger partial charge in [-0.1, -0.05) is 146 Å². The highest BCUT2D eigenvalue weighted by Crippen LogP contribution is 2.50. The van der Waals surface area contributed by atoms with E-state index < -0.39 is 0 Å². The fourth-order valence-electron chi connectivity index (χ4n) is 8.27. The van der Waals surface area contributed by atoms with Crippen molar-refractivity contribution in [1.82, 2.24) is 0 Å². The number of hydrogen-bond donors (Lipinski definition) is 0. The quantitative estimate of drug-likeness (QED) is 0.178. The summed E-state index contributed by atoms with van der Waals surface area (Å²) in [6.45, 7) is 0. The van der Waals surface area contributed by atoms with Crippen molar-refractivity contribution in [3.63, 3.8) is 0 Å². The molecule has 0 N–H and O–H groups in total. The summed E-state index contributed by atoms with van der Waals surface area (Å²) in [7, 11) is 0. The molecule has 2 unspecified atom stereocenters. The van der Waals surface area contributed by atoms with Crippen molar-refractivity contribution < 1.29 is 9.15 Å². The number of allylic oxidation sites excluding steroid dienone is 5. The van der Waals surface area contributed by atoms with Crippen molar-refractivity contribution in [3.05, 3.63) is 198 Å². The summed E-state index contributed by atoms with van der Waals surface area (Å²) in [5, 5.41) is 2.24. The zero-order valence-electron chi connectivity index (χ0n) is 28.1. The number of nitrogens with zero attached hydrogens (tertiary/aromatic N) is 1. The second kappa shape index (κ2) is 12.2. The largest absolute Gasteiger partial charge is 0.460 e. The highest BCUT2D eigenvalue weighted by molar-refractivity contribution is 6.13. The Balaban J connectivity index is 1.18. The molecule has 6 aromatic carbocycles. The molecule has 2 aliphatic carbocycles. The fourth-order valence-corrected chi connectivity index (χ4v) is 8.27. The molecule has 3 nitrogen and oxygen atoms in total. The van der Waals surface area contributed by atoms with Gasteiger partial charge in [-0.25, -0.2) is 0 Å². The van der Waals surface area contributed by atoms with Crippen LogP contribution in [0.2, 0.25) is 0 Å². The topological polar surface area (TPSA) is 25.6 Å². The van der Waals surface area contributed by atoms with Crippen LogP contribution in [0.3, 0.4) is 0 Å². The van der Waals surface area contributed by atoms with Gasteiger partial charge >= 0.3 is 0 Å². The Kier molecular flexibility index (Phi) is 7.09. The first kappa shape index (κ1) is 29.6. The maximum absolute atomic E-state index is 6.70. The van der Waals surface area contributed by atoms with E-state index in [0.717, 1.165) is 57.7 Å². The number of anilines is 2. The van der Waals surface area contributed by atoms with Crippen molar-refractivity contribution >= 4 is 33.3 Å². The summed E-state index contributed by atoms with van der Waals surface area (Å²) in [6, 6.07) is 51.7. The van der Waals surface area contributed by atoms with Gasteiger partial charge in [-0.2, -0.15) is 0 Å². The van der Waals surface area contributed by atoms with Crippen LogP contribution in [0.1, 0.15) is 24.3 Å². The van der Waals surface area contributed by atoms with Crippen molar-refractivity contribution in [2.45, 2.75) is 24.8 Å². The van der Waals surface area contributed by atoms with Gasteiger partial charge in [0.2, 0.25) is 0 Å². The zero-order valence-corrected chi connectivity index (χ0v) is 28.1. The van der Waals surface area contributed by atoms with Gasteiger partial charge in [0, 0.05) is 33.7 Å². The van der Waals surface area contributed by atoms with Gasteiger partial charge in [0.05, 0.1) is 17.1 Å². The second-order valence-corrected chi connectivity index (χ2v) is 13.5. The molecule has 0 radical (unpaired) electrons. The summed E-state index contributed by atoms with van der Waals surface area (Å²) in [6.07, 6.45) is 13.2. The average Bonchev–Trinajstić information content (AvgIpc) is 3.78. The van der Waals surface area contributed by atoms with Crippen LogP contribution in [0.5, 0.6) is 5.75 Å². The molecule has 1 aliphatic heterocycles. The Morgan fingerprint density at radius 1 is 0.569 bits per heavy atom. The maximum Gasteiger partial charge on any atom is 0.137 e. The Morgan fingerprint density at radius 2 is 1.29 bits per heavy atom. The third-order valence-electron chi connectivity index (χ3n) is 10.6. The minimum Gasteiger partial charge on any atom is -0.460 e. The van der Waals surface area contributed by atoms with E-state index in [1.807, 2.05) is 6.07 Å². The van der Waals surface area contributed by atoms with Crippen LogP contribution < -0.4 is 9.64 Å². The summed E-state index contributed by atoms with van der Waals surface area (Å²) in [5.41, 5.74) is 12.5. The Bertz CT molecular complexity index is 2570. The predicted molar refractivity (Wildman–Crippen MR) is 209 cm³/mol. The number of hydrogen-bond acceptors (Lipinski definition) is 3. The minimum absolute atomic E-state index is 0.0165. The molecule has 7 aromatic rings. The Hall–Kier alpha value is -6.32. The number of benzene rings is 6. The average molecular weight is 658 g/mol. The predicted octanol–water partition coefficient (Wildman–Crippen LogP) is 12.7. The lowest BCUT2D eigenvalue weighted by Gasteiger charge is -2.39. The SMILES string of the molecule is C1=CCC(N(c2ccccc2-c2ccc(-c3ccccc3)cc2)c2cccc3oc4ccccc4c23)C(C2=C3Oc4ccccc4C3CC=C2)=C1. The first-order chi connectivity index (χ1) is 25.3. The molecule has 2 atom stereocenters. The first-order valence-corrected chi connectivity index (χ1v) is 17.8. The van der Waals surface area contributed by atoms with Crippen molar-refractivity contribution in [1.29, 1.82) is 0 Å². The highest BCUT2D eigenvalue weighted by atomic mass is 16.5. The fraction of sp³-hybridized carbons (Fsp3) is 0.0833. The van der Waals surface area contributed by atoms with Gasteiger partial charge in [0.1, 0.15) is 22.7 Å². The lowest BCUT2D eigenvalue weighted by atomic mass is 9.82. The molecule has 2 heterocycles. The molecule has 3 aliphatic rings. The molecule has 10 rings (SSSR count). The lowest BCUT2D eigenvalue weighted by Crippen LogP contribution is -2.35. The first-order valence-electron chi connectivity index (χ1n) is 17.8. The monoisotopic (exact) mass is 657 g/mol. The molecule has 51 heavy (non-hydrogen) atoms. The molecule has 1 aromatic heterocycles. The molecule has 0 amide bonds. The third kappa shape index (κ3) is 4.96. The van der Waals surface area contributed by atoms with Crippen molar-refractivity contribution in [2.24, 2.45) is 0 Å². The van der Waals surface area contributed by atoms with Crippen LogP contribution >= 0.6 is 0 Å². The van der Waals surface area contributed by atoms with Crippen LogP contribution in [-0.4, -0.2) is 6.04 Å². The van der Waals surface area contributed by atoms with Gasteiger partial charge in [-0.3, -0.25) is 0 Å². The van der Waals surface area contributed by atoms with Crippen LogP contribution in [0.4, 0.5) is 11.4 Å². The minimum atomic E-state index is -0.0165. The molecular weight excluding hydrogens is 623 g/mol. The maximum atomic E-state index is 6.70. The molecule has 244 valence electrons. The Labute approximate surface area is 297 Å². The zero-order chi connectivity index (χ0) is 33.7. The molecule has 0 fully saturated rings. The Morgan fingerprint density at radius 3 is 2.22 bits per heavy atom. The normalized spacial score (nSPS) is 17.7. The smallest absolute Gasteiger partial charge is 0.137 e. The number of para-hydroxylation sites is 3. The van der Waals surface area contributed by atoms with E-state index in [9.17, 15) is 0 Å². The van der Waals surface area contributed by atoms with Gasteiger partial charge in [-0.15, -0.1) is 0 Å². The van der Waals surface area contributed by atoms with E-state index in [1.54, 1.807) is 0 Å². The number of ether oxygens (including phenoxy) is 1. The number of fused-ring (bicyclic) bond motifs is 6. The van der Waals surface area contributed by atoms with Gasteiger partial charge in [0.15, 0.2) is 0 Å². The molecule has 0 saturated carbocycles. The van der Waals surface area contributed by atoms with E-state index >= 15 is 0 Å². The third-order valence-corrected chi connectivity index (χ3v) is 10.6. The molecule has 0 bridgehead atoms. The van der Waals surface area contributed by atoms with E-state index in [1.165, 1.54) is 39.0 Å². The summed E-state index contributed by atoms with van der Waals surface area (Å²) in [4.78, 5) is 2.56. The van der Waals surface area contributed by atoms with E-state index in [2.05, 4.69) is 175 Å². The van der Waals surface area contributed by atoms with Crippen LogP contribution in [0.25, 0.3) is 44.2 Å². The van der Waals surface area contributed by atoms with E-state index in [0.29, 0.717) is 0 Å². The standard InChI is InChI=1S/C48H35NO2/c1-2-14-32(15-3-1)33-28-30-34(31-29-33)35-16-4-8-22-41(35)49(43-24-13-27-46-47(43)40-19-7-11-26-45(40)50-46)42-23-9-5-17-36(42)38-20-12-21-39-37-18-6-10-25-44(37)51-48(38)39/h1-20,22,24-31,39,42H,21,23H2. The lowest BCUT2D eigenvalue weighted by molar-refractivity contribution is 0.419. The van der Waals surface area contributed by atoms with Gasteiger partial charge < -0.3 is 14.1 Å². The van der Waals surface area contributed by atoms with Crippen molar-refractivity contribution in [3.8, 4) is 28.0 Å². The number of furan rings is 1. The van der Waals surface area contributed by atoms with Crippen LogP contribution in [-0.2, 0) is 0 Å². The van der Waals surface area contributed by atoms with Crippen LogP contribution in [0, 0.1) is 0 Å². The second-order valence-electron chi connectivity index (χ2n) is 13.5. The van der Waals surface area contributed by atoms with Crippen molar-refractivity contribution in [2.75, 3.05) is 4.90 Å². The molecule has 0 spiro atoms. The van der Waals surface area contributed by atoms with E-state index in [4.69, 9.17) is 9.15 Å². The number of rotatable bonds is 6.